The van der Waals surface area contributed by atoms with Crippen LogP contribution in [0.4, 0.5) is 0 Å². The summed E-state index contributed by atoms with van der Waals surface area (Å²) in [6.45, 7) is 8.75. The summed E-state index contributed by atoms with van der Waals surface area (Å²) < 4.78 is 7.61. The van der Waals surface area contributed by atoms with E-state index in [0.717, 1.165) is 49.9 Å². The number of carbonyl (C=O) groups excluding carboxylic acids is 1. The number of fused-ring (bicyclic) bond motifs is 1. The predicted octanol–water partition coefficient (Wildman–Crippen LogP) is 1.78. The molecule has 2 saturated heterocycles. The Morgan fingerprint density at radius 3 is 2.80 bits per heavy atom. The van der Waals surface area contributed by atoms with Gasteiger partial charge in [-0.05, 0) is 45.1 Å². The van der Waals surface area contributed by atoms with Crippen molar-refractivity contribution in [3.05, 3.63) is 17.5 Å². The number of likely N-dealkylation sites (tertiary alicyclic amines) is 2. The Morgan fingerprint density at radius 1 is 1.32 bits per heavy atom. The SMILES string of the molecule is CCn1nc(C)cc1C(=O)N1CC[C@@H](OC)[C@H]2CN(CC3CC3)C[C@H]21. The van der Waals surface area contributed by atoms with Gasteiger partial charge in [0.1, 0.15) is 5.69 Å². The minimum atomic E-state index is 0.139. The van der Waals surface area contributed by atoms with Gasteiger partial charge in [0, 0.05) is 45.8 Å². The van der Waals surface area contributed by atoms with E-state index in [0.29, 0.717) is 5.92 Å². The molecule has 3 aliphatic rings. The summed E-state index contributed by atoms with van der Waals surface area (Å²) in [6.07, 6.45) is 3.95. The van der Waals surface area contributed by atoms with Crippen molar-refractivity contribution in [3.63, 3.8) is 0 Å². The number of aromatic nitrogens is 2. The molecule has 0 aromatic carbocycles. The van der Waals surface area contributed by atoms with Gasteiger partial charge in [0.2, 0.25) is 0 Å². The molecule has 0 bridgehead atoms. The van der Waals surface area contributed by atoms with E-state index in [1.807, 2.05) is 31.7 Å². The van der Waals surface area contributed by atoms with Crippen LogP contribution in [0.1, 0.15) is 42.4 Å². The van der Waals surface area contributed by atoms with E-state index >= 15 is 0 Å². The van der Waals surface area contributed by atoms with Crippen molar-refractivity contribution in [1.29, 1.82) is 0 Å². The smallest absolute Gasteiger partial charge is 0.272 e. The quantitative estimate of drug-likeness (QED) is 0.816. The second-order valence-corrected chi connectivity index (χ2v) is 7.94. The zero-order valence-electron chi connectivity index (χ0n) is 15.6. The third-order valence-corrected chi connectivity index (χ3v) is 6.14. The number of carbonyl (C=O) groups is 1. The highest BCUT2D eigenvalue weighted by Gasteiger charge is 2.47. The topological polar surface area (TPSA) is 50.6 Å². The van der Waals surface area contributed by atoms with Crippen LogP contribution in [0.25, 0.3) is 0 Å². The van der Waals surface area contributed by atoms with Crippen LogP contribution in [0.3, 0.4) is 0 Å². The molecular weight excluding hydrogens is 316 g/mol. The van der Waals surface area contributed by atoms with Crippen molar-refractivity contribution in [3.8, 4) is 0 Å². The molecule has 3 atom stereocenters. The Kier molecular flexibility index (Phi) is 4.58. The number of rotatable bonds is 5. The number of hydrogen-bond donors (Lipinski definition) is 0. The summed E-state index contributed by atoms with van der Waals surface area (Å²) >= 11 is 0. The van der Waals surface area contributed by atoms with Crippen LogP contribution in [0.2, 0.25) is 0 Å². The number of aryl methyl sites for hydroxylation is 2. The fourth-order valence-electron chi connectivity index (χ4n) is 4.70. The van der Waals surface area contributed by atoms with Crippen molar-refractivity contribution >= 4 is 5.91 Å². The number of ether oxygens (including phenoxy) is 1. The summed E-state index contributed by atoms with van der Waals surface area (Å²) in [6, 6.07) is 2.20. The highest BCUT2D eigenvalue weighted by Crippen LogP contribution is 2.36. The number of piperidine rings is 1. The molecule has 25 heavy (non-hydrogen) atoms. The highest BCUT2D eigenvalue weighted by atomic mass is 16.5. The Hall–Kier alpha value is -1.40. The van der Waals surface area contributed by atoms with E-state index in [4.69, 9.17) is 4.74 Å². The fraction of sp³-hybridized carbons (Fsp3) is 0.789. The normalized spacial score (nSPS) is 29.9. The van der Waals surface area contributed by atoms with Crippen LogP contribution in [0, 0.1) is 18.8 Å². The van der Waals surface area contributed by atoms with E-state index in [9.17, 15) is 4.79 Å². The lowest BCUT2D eigenvalue weighted by Gasteiger charge is -2.41. The Morgan fingerprint density at radius 2 is 2.12 bits per heavy atom. The molecule has 1 saturated carbocycles. The minimum Gasteiger partial charge on any atom is -0.381 e. The van der Waals surface area contributed by atoms with Crippen LogP contribution in [-0.2, 0) is 11.3 Å². The molecule has 6 nitrogen and oxygen atoms in total. The average molecular weight is 346 g/mol. The van der Waals surface area contributed by atoms with Gasteiger partial charge in [0.25, 0.3) is 5.91 Å². The number of methoxy groups -OCH3 is 1. The van der Waals surface area contributed by atoms with Gasteiger partial charge in [-0.1, -0.05) is 0 Å². The Bertz CT molecular complexity index is 639. The molecule has 0 N–H and O–H groups in total. The molecule has 0 spiro atoms. The molecule has 0 radical (unpaired) electrons. The molecule has 1 aliphatic carbocycles. The first-order chi connectivity index (χ1) is 12.1. The number of amides is 1. The minimum absolute atomic E-state index is 0.139. The molecule has 138 valence electrons. The summed E-state index contributed by atoms with van der Waals surface area (Å²) in [5, 5.41) is 4.46. The standard InChI is InChI=1S/C19H30N4O2/c1-4-23-16(9-13(2)20-23)19(24)22-8-7-18(25-3)15-11-21(12-17(15)22)10-14-5-6-14/h9,14-15,17-18H,4-8,10-12H2,1-3H3/t15-,17+,18+/m0/s1. The average Bonchev–Trinajstić information content (AvgIpc) is 3.18. The first kappa shape index (κ1) is 17.0. The van der Waals surface area contributed by atoms with E-state index < -0.39 is 0 Å². The van der Waals surface area contributed by atoms with Gasteiger partial charge in [-0.15, -0.1) is 0 Å². The second kappa shape index (κ2) is 6.72. The van der Waals surface area contributed by atoms with Gasteiger partial charge in [-0.25, -0.2) is 0 Å². The monoisotopic (exact) mass is 346 g/mol. The Balaban J connectivity index is 1.55. The van der Waals surface area contributed by atoms with Crippen molar-refractivity contribution in [2.75, 3.05) is 33.3 Å². The summed E-state index contributed by atoms with van der Waals surface area (Å²) in [5.41, 5.74) is 1.64. The molecule has 1 aromatic rings. The molecule has 2 aliphatic heterocycles. The first-order valence-electron chi connectivity index (χ1n) is 9.71. The van der Waals surface area contributed by atoms with Gasteiger partial charge in [-0.2, -0.15) is 5.10 Å². The Labute approximate surface area is 150 Å². The van der Waals surface area contributed by atoms with Crippen molar-refractivity contribution < 1.29 is 9.53 Å². The van der Waals surface area contributed by atoms with Crippen LogP contribution in [0.5, 0.6) is 0 Å². The van der Waals surface area contributed by atoms with Gasteiger partial charge >= 0.3 is 0 Å². The molecule has 1 aromatic heterocycles. The third-order valence-electron chi connectivity index (χ3n) is 6.14. The summed E-state index contributed by atoms with van der Waals surface area (Å²) in [7, 11) is 1.82. The maximum absolute atomic E-state index is 13.3. The van der Waals surface area contributed by atoms with Crippen LogP contribution < -0.4 is 0 Å². The lowest BCUT2D eigenvalue weighted by molar-refractivity contribution is -0.0160. The van der Waals surface area contributed by atoms with E-state index in [1.54, 1.807) is 0 Å². The maximum atomic E-state index is 13.3. The van der Waals surface area contributed by atoms with Gasteiger partial charge in [0.05, 0.1) is 17.8 Å². The zero-order valence-corrected chi connectivity index (χ0v) is 15.6. The molecule has 4 rings (SSSR count). The maximum Gasteiger partial charge on any atom is 0.272 e. The van der Waals surface area contributed by atoms with E-state index in [1.165, 1.54) is 19.4 Å². The first-order valence-corrected chi connectivity index (χ1v) is 9.71. The number of nitrogens with zero attached hydrogens (tertiary/aromatic N) is 4. The summed E-state index contributed by atoms with van der Waals surface area (Å²) in [5.74, 6) is 1.45. The van der Waals surface area contributed by atoms with Gasteiger partial charge < -0.3 is 14.5 Å². The molecule has 1 amide bonds. The molecule has 0 unspecified atom stereocenters. The fourth-order valence-corrected chi connectivity index (χ4v) is 4.70. The largest absolute Gasteiger partial charge is 0.381 e. The van der Waals surface area contributed by atoms with Crippen LogP contribution in [-0.4, -0.2) is 70.9 Å². The van der Waals surface area contributed by atoms with E-state index in [2.05, 4.69) is 14.9 Å². The third kappa shape index (κ3) is 3.22. The lowest BCUT2D eigenvalue weighted by Crippen LogP contribution is -2.53. The van der Waals surface area contributed by atoms with E-state index in [-0.39, 0.29) is 18.1 Å². The van der Waals surface area contributed by atoms with Gasteiger partial charge in [0.15, 0.2) is 0 Å². The van der Waals surface area contributed by atoms with Crippen molar-refractivity contribution in [2.24, 2.45) is 11.8 Å². The van der Waals surface area contributed by atoms with Crippen molar-refractivity contribution in [1.82, 2.24) is 19.6 Å². The van der Waals surface area contributed by atoms with Crippen LogP contribution >= 0.6 is 0 Å². The predicted molar refractivity (Wildman–Crippen MR) is 95.5 cm³/mol. The van der Waals surface area contributed by atoms with Gasteiger partial charge in [-0.3, -0.25) is 9.48 Å². The van der Waals surface area contributed by atoms with Crippen LogP contribution in [0.15, 0.2) is 6.07 Å². The lowest BCUT2D eigenvalue weighted by atomic mass is 9.88. The highest BCUT2D eigenvalue weighted by molar-refractivity contribution is 5.93. The molecular formula is C19H30N4O2. The molecule has 6 heteroatoms. The molecule has 3 heterocycles. The molecule has 3 fully saturated rings. The second-order valence-electron chi connectivity index (χ2n) is 7.94. The number of hydrogen-bond acceptors (Lipinski definition) is 4. The van der Waals surface area contributed by atoms with Crippen molar-refractivity contribution in [2.45, 2.75) is 51.8 Å². The summed E-state index contributed by atoms with van der Waals surface area (Å²) in [4.78, 5) is 17.9. The zero-order chi connectivity index (χ0) is 17.6.